The van der Waals surface area contributed by atoms with E-state index in [-0.39, 0.29) is 0 Å². The van der Waals surface area contributed by atoms with Gasteiger partial charge >= 0.3 is 0 Å². The molecule has 1 heterocycles. The maximum Gasteiger partial charge on any atom is 0.260 e. The maximum absolute atomic E-state index is 5.96. The third-order valence-electron chi connectivity index (χ3n) is 2.30. The molecule has 0 saturated heterocycles. The van der Waals surface area contributed by atoms with Crippen molar-refractivity contribution in [3.63, 3.8) is 0 Å². The summed E-state index contributed by atoms with van der Waals surface area (Å²) < 4.78 is 5.18. The molecule has 0 amide bonds. The summed E-state index contributed by atoms with van der Waals surface area (Å²) in [4.78, 5) is 4.29. The first-order valence-corrected chi connectivity index (χ1v) is 6.28. The highest BCUT2D eigenvalue weighted by atomic mass is 32.2. The largest absolute Gasteiger partial charge is 0.398 e. The Morgan fingerprint density at radius 1 is 1.44 bits per heavy atom. The molecule has 1 aromatic heterocycles. The zero-order valence-electron chi connectivity index (χ0n) is 9.23. The smallest absolute Gasteiger partial charge is 0.260 e. The molecule has 0 aliphatic heterocycles. The number of aryl methyl sites for hydroxylation is 1. The Hall–Kier alpha value is -1.49. The zero-order valence-corrected chi connectivity index (χ0v) is 10.0. The summed E-state index contributed by atoms with van der Waals surface area (Å²) in [5.74, 6) is 1.93. The van der Waals surface area contributed by atoms with Crippen LogP contribution in [0.5, 0.6) is 0 Å². The molecule has 0 atom stereocenters. The highest BCUT2D eigenvalue weighted by molar-refractivity contribution is 7.97. The van der Waals surface area contributed by atoms with Crippen LogP contribution in [0, 0.1) is 6.92 Å². The van der Waals surface area contributed by atoms with Crippen molar-refractivity contribution in [3.8, 4) is 11.5 Å². The van der Waals surface area contributed by atoms with E-state index in [0.717, 1.165) is 16.9 Å². The van der Waals surface area contributed by atoms with Crippen LogP contribution in [0.1, 0.15) is 11.4 Å². The molecule has 0 radical (unpaired) electrons. The Labute approximate surface area is 98.2 Å². The van der Waals surface area contributed by atoms with Gasteiger partial charge in [-0.1, -0.05) is 17.3 Å². The van der Waals surface area contributed by atoms with E-state index in [0.29, 0.717) is 17.4 Å². The SMILES string of the molecule is CSCc1noc(-c2cccc(C)c2N)n1. The molecule has 2 N–H and O–H groups in total. The Kier molecular flexibility index (Phi) is 3.14. The third kappa shape index (κ3) is 2.04. The lowest BCUT2D eigenvalue weighted by molar-refractivity contribution is 0.425. The van der Waals surface area contributed by atoms with Crippen molar-refractivity contribution in [1.29, 1.82) is 0 Å². The molecule has 0 aliphatic rings. The van der Waals surface area contributed by atoms with Gasteiger partial charge in [0, 0.05) is 5.69 Å². The van der Waals surface area contributed by atoms with Gasteiger partial charge in [0.1, 0.15) is 0 Å². The summed E-state index contributed by atoms with van der Waals surface area (Å²) in [6.45, 7) is 1.96. The number of hydrogen-bond acceptors (Lipinski definition) is 5. The summed E-state index contributed by atoms with van der Waals surface area (Å²) >= 11 is 1.65. The van der Waals surface area contributed by atoms with Crippen molar-refractivity contribution in [3.05, 3.63) is 29.6 Å². The van der Waals surface area contributed by atoms with Crippen molar-refractivity contribution in [1.82, 2.24) is 10.1 Å². The number of nitrogens with zero attached hydrogens (tertiary/aromatic N) is 2. The summed E-state index contributed by atoms with van der Waals surface area (Å²) in [5.41, 5.74) is 8.48. The molecule has 2 aromatic rings. The second-order valence-corrected chi connectivity index (χ2v) is 4.35. The lowest BCUT2D eigenvalue weighted by Gasteiger charge is -2.02. The minimum Gasteiger partial charge on any atom is -0.398 e. The fourth-order valence-electron chi connectivity index (χ4n) is 1.42. The van der Waals surface area contributed by atoms with Crippen LogP contribution in [-0.2, 0) is 5.75 Å². The molecule has 0 unspecified atom stereocenters. The van der Waals surface area contributed by atoms with Crippen LogP contribution in [0.15, 0.2) is 22.7 Å². The fourth-order valence-corrected chi connectivity index (χ4v) is 1.79. The maximum atomic E-state index is 5.96. The standard InChI is InChI=1S/C11H13N3OS/c1-7-4-3-5-8(10(7)12)11-13-9(6-16-2)14-15-11/h3-5H,6,12H2,1-2H3. The van der Waals surface area contributed by atoms with Crippen LogP contribution in [0.25, 0.3) is 11.5 Å². The lowest BCUT2D eigenvalue weighted by atomic mass is 10.1. The first-order valence-electron chi connectivity index (χ1n) is 4.89. The molecule has 0 saturated carbocycles. The van der Waals surface area contributed by atoms with Crippen molar-refractivity contribution in [2.45, 2.75) is 12.7 Å². The van der Waals surface area contributed by atoms with Gasteiger partial charge in [-0.15, -0.1) is 0 Å². The summed E-state index contributed by atoms with van der Waals surface area (Å²) in [7, 11) is 0. The number of aromatic nitrogens is 2. The minimum atomic E-state index is 0.491. The van der Waals surface area contributed by atoms with E-state index in [1.54, 1.807) is 11.8 Å². The molecule has 1 aromatic carbocycles. The van der Waals surface area contributed by atoms with Crippen molar-refractivity contribution in [2.24, 2.45) is 0 Å². The Morgan fingerprint density at radius 3 is 3.00 bits per heavy atom. The van der Waals surface area contributed by atoms with Gasteiger partial charge in [-0.25, -0.2) is 0 Å². The molecule has 0 bridgehead atoms. The van der Waals surface area contributed by atoms with Gasteiger partial charge in [0.25, 0.3) is 5.89 Å². The van der Waals surface area contributed by atoms with Crippen LogP contribution >= 0.6 is 11.8 Å². The highest BCUT2D eigenvalue weighted by Gasteiger charge is 2.12. The van der Waals surface area contributed by atoms with Gasteiger partial charge in [0.2, 0.25) is 0 Å². The van der Waals surface area contributed by atoms with Crippen molar-refractivity contribution < 1.29 is 4.52 Å². The van der Waals surface area contributed by atoms with Crippen molar-refractivity contribution >= 4 is 17.4 Å². The third-order valence-corrected chi connectivity index (χ3v) is 2.84. The average molecular weight is 235 g/mol. The molecule has 0 aliphatic carbocycles. The van der Waals surface area contributed by atoms with E-state index in [4.69, 9.17) is 10.3 Å². The molecule has 0 fully saturated rings. The Morgan fingerprint density at radius 2 is 2.25 bits per heavy atom. The molecular formula is C11H13N3OS. The number of hydrogen-bond donors (Lipinski definition) is 1. The normalized spacial score (nSPS) is 10.6. The Bertz CT molecular complexity index is 496. The van der Waals surface area contributed by atoms with Crippen molar-refractivity contribution in [2.75, 3.05) is 12.0 Å². The summed E-state index contributed by atoms with van der Waals surface area (Å²) in [6, 6.07) is 5.77. The highest BCUT2D eigenvalue weighted by Crippen LogP contribution is 2.26. The number of rotatable bonds is 3. The van der Waals surface area contributed by atoms with Gasteiger partial charge in [-0.05, 0) is 24.8 Å². The van der Waals surface area contributed by atoms with Crippen LogP contribution in [-0.4, -0.2) is 16.4 Å². The number of para-hydroxylation sites is 1. The number of nitrogen functional groups attached to an aromatic ring is 1. The predicted molar refractivity (Wildman–Crippen MR) is 66.1 cm³/mol. The molecule has 16 heavy (non-hydrogen) atoms. The van der Waals surface area contributed by atoms with E-state index in [1.807, 2.05) is 31.4 Å². The second kappa shape index (κ2) is 4.57. The van der Waals surface area contributed by atoms with E-state index < -0.39 is 0 Å². The van der Waals surface area contributed by atoms with Gasteiger partial charge < -0.3 is 10.3 Å². The van der Waals surface area contributed by atoms with Gasteiger partial charge in [0.05, 0.1) is 11.3 Å². The van der Waals surface area contributed by atoms with Crippen LogP contribution in [0.2, 0.25) is 0 Å². The van der Waals surface area contributed by atoms with Gasteiger partial charge in [-0.3, -0.25) is 0 Å². The van der Waals surface area contributed by atoms with Crippen LogP contribution in [0.4, 0.5) is 5.69 Å². The Balaban J connectivity index is 2.39. The topological polar surface area (TPSA) is 64.9 Å². The van der Waals surface area contributed by atoms with Crippen LogP contribution < -0.4 is 5.73 Å². The molecule has 2 rings (SSSR count). The summed E-state index contributed by atoms with van der Waals surface area (Å²) in [6.07, 6.45) is 2.00. The number of thioether (sulfide) groups is 1. The van der Waals surface area contributed by atoms with E-state index in [1.165, 1.54) is 0 Å². The predicted octanol–water partition coefficient (Wildman–Crippen LogP) is 2.49. The molecule has 0 spiro atoms. The van der Waals surface area contributed by atoms with E-state index >= 15 is 0 Å². The average Bonchev–Trinajstić information content (AvgIpc) is 2.71. The zero-order chi connectivity index (χ0) is 11.5. The van der Waals surface area contributed by atoms with E-state index in [2.05, 4.69) is 10.1 Å². The number of anilines is 1. The number of benzene rings is 1. The fraction of sp³-hybridized carbons (Fsp3) is 0.273. The van der Waals surface area contributed by atoms with Gasteiger partial charge in [-0.2, -0.15) is 16.7 Å². The van der Waals surface area contributed by atoms with E-state index in [9.17, 15) is 0 Å². The molecule has 84 valence electrons. The minimum absolute atomic E-state index is 0.491. The first kappa shape index (κ1) is 11.0. The monoisotopic (exact) mass is 235 g/mol. The molecular weight excluding hydrogens is 222 g/mol. The first-order chi connectivity index (χ1) is 7.72. The number of nitrogens with two attached hydrogens (primary N) is 1. The summed E-state index contributed by atoms with van der Waals surface area (Å²) in [5, 5.41) is 3.89. The lowest BCUT2D eigenvalue weighted by Crippen LogP contribution is -1.93. The van der Waals surface area contributed by atoms with Gasteiger partial charge in [0.15, 0.2) is 5.82 Å². The molecule has 5 heteroatoms. The van der Waals surface area contributed by atoms with Crippen LogP contribution in [0.3, 0.4) is 0 Å². The second-order valence-electron chi connectivity index (χ2n) is 3.48. The molecule has 4 nitrogen and oxygen atoms in total. The quantitative estimate of drug-likeness (QED) is 0.828.